The van der Waals surface area contributed by atoms with Crippen LogP contribution in [-0.2, 0) is 14.2 Å². The van der Waals surface area contributed by atoms with Crippen LogP contribution in [0.2, 0.25) is 0 Å². The number of fused-ring (bicyclic) bond motifs is 1. The van der Waals surface area contributed by atoms with Gasteiger partial charge in [-0.1, -0.05) is 19.9 Å². The molecule has 2 aliphatic rings. The first-order valence-electron chi connectivity index (χ1n) is 6.06. The second kappa shape index (κ2) is 4.13. The van der Waals surface area contributed by atoms with Gasteiger partial charge in [0.2, 0.25) is 0 Å². The van der Waals surface area contributed by atoms with Gasteiger partial charge in [-0.05, 0) is 26.2 Å². The molecule has 3 nitrogen and oxygen atoms in total. The third-order valence-corrected chi connectivity index (χ3v) is 3.52. The molecule has 5 atom stereocenters. The lowest BCUT2D eigenvalue weighted by Crippen LogP contribution is -2.31. The minimum atomic E-state index is -0.504. The second-order valence-corrected chi connectivity index (χ2v) is 5.43. The fourth-order valence-corrected chi connectivity index (χ4v) is 2.73. The molecule has 92 valence electrons. The molecule has 3 heteroatoms. The van der Waals surface area contributed by atoms with Gasteiger partial charge in [0.05, 0.1) is 6.10 Å². The number of rotatable bonds is 3. The normalized spacial score (nSPS) is 43.0. The Labute approximate surface area is 97.8 Å². The Morgan fingerprint density at radius 3 is 2.62 bits per heavy atom. The molecule has 0 aromatic rings. The van der Waals surface area contributed by atoms with Crippen molar-refractivity contribution >= 4 is 0 Å². The minimum absolute atomic E-state index is 0.0762. The van der Waals surface area contributed by atoms with Crippen molar-refractivity contribution in [3.63, 3.8) is 0 Å². The van der Waals surface area contributed by atoms with Gasteiger partial charge in [0.15, 0.2) is 12.1 Å². The highest BCUT2D eigenvalue weighted by Crippen LogP contribution is 2.42. The summed E-state index contributed by atoms with van der Waals surface area (Å²) in [5.74, 6) is 0.339. The highest BCUT2D eigenvalue weighted by molar-refractivity contribution is 4.93. The van der Waals surface area contributed by atoms with E-state index in [4.69, 9.17) is 14.2 Å². The lowest BCUT2D eigenvalue weighted by atomic mass is 9.90. The Morgan fingerprint density at radius 1 is 1.38 bits per heavy atom. The van der Waals surface area contributed by atoms with Crippen molar-refractivity contribution in [2.45, 2.75) is 58.4 Å². The first-order chi connectivity index (χ1) is 7.44. The van der Waals surface area contributed by atoms with Crippen molar-refractivity contribution in [3.05, 3.63) is 12.7 Å². The molecule has 0 spiro atoms. The van der Waals surface area contributed by atoms with Gasteiger partial charge in [0.1, 0.15) is 6.10 Å². The molecule has 2 fully saturated rings. The maximum Gasteiger partial charge on any atom is 0.187 e. The molecule has 2 aliphatic heterocycles. The Hall–Kier alpha value is -0.380. The van der Waals surface area contributed by atoms with Crippen molar-refractivity contribution in [1.29, 1.82) is 0 Å². The third kappa shape index (κ3) is 2.04. The maximum absolute atomic E-state index is 5.95. The zero-order valence-corrected chi connectivity index (χ0v) is 10.6. The summed E-state index contributed by atoms with van der Waals surface area (Å²) < 4.78 is 17.6. The zero-order chi connectivity index (χ0) is 11.9. The molecule has 0 saturated carbocycles. The van der Waals surface area contributed by atoms with Gasteiger partial charge in [-0.15, -0.1) is 6.58 Å². The summed E-state index contributed by atoms with van der Waals surface area (Å²) in [6.07, 6.45) is 3.01. The van der Waals surface area contributed by atoms with E-state index in [1.165, 1.54) is 0 Å². The van der Waals surface area contributed by atoms with Crippen LogP contribution < -0.4 is 0 Å². The molecule has 2 heterocycles. The molecular weight excluding hydrogens is 204 g/mol. The average Bonchev–Trinajstić information content (AvgIpc) is 2.62. The van der Waals surface area contributed by atoms with Gasteiger partial charge < -0.3 is 14.2 Å². The molecule has 0 unspecified atom stereocenters. The molecule has 0 N–H and O–H groups in total. The summed E-state index contributed by atoms with van der Waals surface area (Å²) >= 11 is 0. The van der Waals surface area contributed by atoms with Gasteiger partial charge >= 0.3 is 0 Å². The zero-order valence-electron chi connectivity index (χ0n) is 10.6. The molecule has 0 aromatic carbocycles. The van der Waals surface area contributed by atoms with Crippen LogP contribution in [0, 0.1) is 11.8 Å². The molecular formula is C13H22O3. The first-order valence-corrected chi connectivity index (χ1v) is 6.06. The van der Waals surface area contributed by atoms with Crippen molar-refractivity contribution in [2.24, 2.45) is 11.8 Å². The Kier molecular flexibility index (Phi) is 3.12. The fraction of sp³-hybridized carbons (Fsp3) is 0.846. The van der Waals surface area contributed by atoms with E-state index in [9.17, 15) is 0 Å². The average molecular weight is 226 g/mol. The molecule has 0 bridgehead atoms. The molecule has 0 amide bonds. The summed E-state index contributed by atoms with van der Waals surface area (Å²) in [5.41, 5.74) is 0. The van der Waals surface area contributed by atoms with Gasteiger partial charge in [-0.2, -0.15) is 0 Å². The second-order valence-electron chi connectivity index (χ2n) is 5.43. The summed E-state index contributed by atoms with van der Waals surface area (Å²) in [6, 6.07) is 0. The highest BCUT2D eigenvalue weighted by Gasteiger charge is 2.53. The van der Waals surface area contributed by atoms with Crippen molar-refractivity contribution in [3.8, 4) is 0 Å². The van der Waals surface area contributed by atoms with E-state index in [1.807, 2.05) is 19.9 Å². The predicted octanol–water partition coefficient (Wildman–Crippen LogP) is 2.71. The lowest BCUT2D eigenvalue weighted by molar-refractivity contribution is -0.214. The largest absolute Gasteiger partial charge is 0.346 e. The van der Waals surface area contributed by atoms with E-state index < -0.39 is 5.79 Å². The van der Waals surface area contributed by atoms with Crippen LogP contribution >= 0.6 is 0 Å². The summed E-state index contributed by atoms with van der Waals surface area (Å²) in [6.45, 7) is 12.0. The van der Waals surface area contributed by atoms with E-state index in [0.29, 0.717) is 11.8 Å². The van der Waals surface area contributed by atoms with Crippen LogP contribution in [0.4, 0.5) is 0 Å². The number of allylic oxidation sites excluding steroid dienone is 1. The van der Waals surface area contributed by atoms with E-state index in [2.05, 4.69) is 20.4 Å². The van der Waals surface area contributed by atoms with Gasteiger partial charge in [-0.25, -0.2) is 0 Å². The predicted molar refractivity (Wildman–Crippen MR) is 61.8 cm³/mol. The van der Waals surface area contributed by atoms with E-state index in [0.717, 1.165) is 6.42 Å². The molecule has 2 rings (SSSR count). The van der Waals surface area contributed by atoms with Crippen LogP contribution in [-0.4, -0.2) is 24.3 Å². The quantitative estimate of drug-likeness (QED) is 0.692. The Morgan fingerprint density at radius 2 is 2.06 bits per heavy atom. The van der Waals surface area contributed by atoms with Crippen LogP contribution in [0.5, 0.6) is 0 Å². The van der Waals surface area contributed by atoms with E-state index in [-0.39, 0.29) is 18.5 Å². The first kappa shape index (κ1) is 12.1. The van der Waals surface area contributed by atoms with Gasteiger partial charge in [0, 0.05) is 5.92 Å². The standard InChI is InChI=1S/C13H22O3/c1-6-7-8(2)10-9(3)11-12(14-10)16-13(4,5)15-11/h6,8-12H,1,7H2,2-5H3/t8-,9-,10+,11+,12+/m0/s1. The smallest absolute Gasteiger partial charge is 0.187 e. The van der Waals surface area contributed by atoms with Crippen LogP contribution in [0.3, 0.4) is 0 Å². The maximum atomic E-state index is 5.95. The van der Waals surface area contributed by atoms with Crippen LogP contribution in [0.1, 0.15) is 34.1 Å². The molecule has 0 aromatic heterocycles. The van der Waals surface area contributed by atoms with Gasteiger partial charge in [-0.3, -0.25) is 0 Å². The molecule has 0 radical (unpaired) electrons. The van der Waals surface area contributed by atoms with Crippen LogP contribution in [0.25, 0.3) is 0 Å². The van der Waals surface area contributed by atoms with E-state index in [1.54, 1.807) is 0 Å². The number of hydrogen-bond acceptors (Lipinski definition) is 3. The Balaban J connectivity index is 2.02. The third-order valence-electron chi connectivity index (χ3n) is 3.52. The van der Waals surface area contributed by atoms with Crippen molar-refractivity contribution in [2.75, 3.05) is 0 Å². The van der Waals surface area contributed by atoms with Crippen molar-refractivity contribution < 1.29 is 14.2 Å². The minimum Gasteiger partial charge on any atom is -0.346 e. The molecule has 2 saturated heterocycles. The fourth-order valence-electron chi connectivity index (χ4n) is 2.73. The topological polar surface area (TPSA) is 27.7 Å². The summed E-state index contributed by atoms with van der Waals surface area (Å²) in [5, 5.41) is 0. The summed E-state index contributed by atoms with van der Waals surface area (Å²) in [7, 11) is 0. The summed E-state index contributed by atoms with van der Waals surface area (Å²) in [4.78, 5) is 0. The monoisotopic (exact) mass is 226 g/mol. The number of ether oxygens (including phenoxy) is 3. The van der Waals surface area contributed by atoms with Crippen LogP contribution in [0.15, 0.2) is 12.7 Å². The van der Waals surface area contributed by atoms with Crippen molar-refractivity contribution in [1.82, 2.24) is 0 Å². The number of hydrogen-bond donors (Lipinski definition) is 0. The van der Waals surface area contributed by atoms with E-state index >= 15 is 0 Å². The molecule has 0 aliphatic carbocycles. The lowest BCUT2D eigenvalue weighted by Gasteiger charge is -2.26. The highest BCUT2D eigenvalue weighted by atomic mass is 16.8. The Bertz CT molecular complexity index is 274. The molecule has 16 heavy (non-hydrogen) atoms. The van der Waals surface area contributed by atoms with Gasteiger partial charge in [0.25, 0.3) is 0 Å². The SMILES string of the molecule is C=CC[C@H](C)[C@H]1O[C@@H]2OC(C)(C)O[C@@H]2[C@H]1C.